The first kappa shape index (κ1) is 36.2. The van der Waals surface area contributed by atoms with Crippen molar-refractivity contribution in [1.82, 2.24) is 25.3 Å². The lowest BCUT2D eigenvalue weighted by atomic mass is 9.76. The summed E-state index contributed by atoms with van der Waals surface area (Å²) in [6, 6.07) is 7.76. The maximum atomic E-state index is 14.1. The van der Waals surface area contributed by atoms with Crippen molar-refractivity contribution in [3.8, 4) is 0 Å². The molecule has 1 aromatic carbocycles. The highest BCUT2D eigenvalue weighted by Crippen LogP contribution is 2.29. The number of hydrogen-bond acceptors (Lipinski definition) is 7. The molecule has 1 aromatic rings. The Hall–Kier alpha value is -2.98. The molecule has 2 N–H and O–H groups in total. The first-order valence-corrected chi connectivity index (χ1v) is 15.3. The Bertz CT molecular complexity index is 1100. The molecule has 1 fully saturated rings. The number of nitrogens with one attached hydrogen (secondary N) is 2. The number of likely N-dealkylation sites (N-methyl/N-ethyl adjacent to an activating group) is 3. The number of benzene rings is 1. The van der Waals surface area contributed by atoms with Gasteiger partial charge in [0.05, 0.1) is 19.7 Å². The van der Waals surface area contributed by atoms with Crippen molar-refractivity contribution in [2.75, 3.05) is 47.9 Å². The molecule has 0 aliphatic carbocycles. The van der Waals surface area contributed by atoms with Crippen molar-refractivity contribution < 1.29 is 23.9 Å². The van der Waals surface area contributed by atoms with Gasteiger partial charge in [0.2, 0.25) is 17.7 Å². The van der Waals surface area contributed by atoms with Crippen molar-refractivity contribution in [3.63, 3.8) is 0 Å². The lowest BCUT2D eigenvalue weighted by Crippen LogP contribution is -2.62. The summed E-state index contributed by atoms with van der Waals surface area (Å²) < 4.78 is 4.89. The van der Waals surface area contributed by atoms with Gasteiger partial charge in [-0.1, -0.05) is 78.8 Å². The van der Waals surface area contributed by atoms with Gasteiger partial charge in [0.15, 0.2) is 0 Å². The maximum absolute atomic E-state index is 14.1. The van der Waals surface area contributed by atoms with Gasteiger partial charge in [-0.25, -0.2) is 4.79 Å². The number of methoxy groups -OCH3 is 1. The largest absolute Gasteiger partial charge is 0.467 e. The number of ether oxygens (including phenoxy) is 1. The maximum Gasteiger partial charge on any atom is 0.328 e. The molecule has 3 amide bonds. The van der Waals surface area contributed by atoms with Crippen LogP contribution in [0, 0.1) is 11.3 Å². The van der Waals surface area contributed by atoms with E-state index in [0.29, 0.717) is 19.5 Å². The van der Waals surface area contributed by atoms with Gasteiger partial charge >= 0.3 is 5.97 Å². The van der Waals surface area contributed by atoms with Crippen LogP contribution in [-0.2, 0) is 29.3 Å². The van der Waals surface area contributed by atoms with E-state index in [4.69, 9.17) is 4.74 Å². The summed E-state index contributed by atoms with van der Waals surface area (Å²) in [5.74, 6) is -0.864. The molecule has 1 aliphatic rings. The van der Waals surface area contributed by atoms with Crippen molar-refractivity contribution in [2.45, 2.75) is 90.9 Å². The van der Waals surface area contributed by atoms with E-state index >= 15 is 0 Å². The highest BCUT2D eigenvalue weighted by molar-refractivity contribution is 5.91. The topological polar surface area (TPSA) is 111 Å². The Kier molecular flexibility index (Phi) is 12.8. The fourth-order valence-electron chi connectivity index (χ4n) is 6.03. The van der Waals surface area contributed by atoms with Gasteiger partial charge < -0.3 is 25.2 Å². The minimum Gasteiger partial charge on any atom is -0.467 e. The number of carbonyl (C=O) groups is 4. The Balaban J connectivity index is 2.20. The SMILES string of the molecule is CN[C@H](C(=O)N[C@H](C(=O)N(C)[C@H](CN(C)CC(=O)N1CCCC1C(=O)OC)C(C)C)C(C)(C)C)C(C)(C)c1ccccc1. The zero-order chi connectivity index (χ0) is 32.7. The van der Waals surface area contributed by atoms with E-state index in [1.54, 1.807) is 23.9 Å². The lowest BCUT2D eigenvalue weighted by molar-refractivity contribution is -0.151. The van der Waals surface area contributed by atoms with Gasteiger partial charge in [-0.3, -0.25) is 19.3 Å². The molecule has 1 saturated heterocycles. The minimum absolute atomic E-state index is 0.0829. The number of rotatable bonds is 13. The number of hydrogen-bond donors (Lipinski definition) is 2. The van der Waals surface area contributed by atoms with Crippen LogP contribution in [0.15, 0.2) is 30.3 Å². The van der Waals surface area contributed by atoms with E-state index in [1.165, 1.54) is 7.11 Å². The molecular formula is C33H55N5O5. The molecule has 10 nitrogen and oxygen atoms in total. The quantitative estimate of drug-likeness (QED) is 0.335. The summed E-state index contributed by atoms with van der Waals surface area (Å²) >= 11 is 0. The van der Waals surface area contributed by atoms with E-state index in [1.807, 2.05) is 90.7 Å². The minimum atomic E-state index is -0.772. The molecule has 0 bridgehead atoms. The summed E-state index contributed by atoms with van der Waals surface area (Å²) in [5, 5.41) is 6.27. The second-order valence-corrected chi connectivity index (χ2v) is 13.8. The smallest absolute Gasteiger partial charge is 0.328 e. The fraction of sp³-hybridized carbons (Fsp3) is 0.697. The monoisotopic (exact) mass is 601 g/mol. The van der Waals surface area contributed by atoms with Gasteiger partial charge in [0.25, 0.3) is 0 Å². The van der Waals surface area contributed by atoms with Crippen molar-refractivity contribution in [3.05, 3.63) is 35.9 Å². The molecule has 1 aliphatic heterocycles. The van der Waals surface area contributed by atoms with E-state index in [9.17, 15) is 19.2 Å². The molecule has 43 heavy (non-hydrogen) atoms. The Labute approximate surface area is 258 Å². The molecule has 0 spiro atoms. The van der Waals surface area contributed by atoms with Gasteiger partial charge in [0.1, 0.15) is 12.1 Å². The van der Waals surface area contributed by atoms with Gasteiger partial charge in [0, 0.05) is 31.6 Å². The zero-order valence-electron chi connectivity index (χ0n) is 28.2. The molecular weight excluding hydrogens is 546 g/mol. The van der Waals surface area contributed by atoms with Crippen LogP contribution < -0.4 is 10.6 Å². The van der Waals surface area contributed by atoms with Crippen molar-refractivity contribution in [2.24, 2.45) is 11.3 Å². The number of amides is 3. The second kappa shape index (κ2) is 15.1. The first-order chi connectivity index (χ1) is 20.0. The van der Waals surface area contributed by atoms with Gasteiger partial charge in [-0.2, -0.15) is 0 Å². The van der Waals surface area contributed by atoms with Crippen molar-refractivity contribution >= 4 is 23.7 Å². The zero-order valence-corrected chi connectivity index (χ0v) is 28.2. The Morgan fingerprint density at radius 2 is 1.63 bits per heavy atom. The molecule has 242 valence electrons. The average Bonchev–Trinajstić information content (AvgIpc) is 3.44. The van der Waals surface area contributed by atoms with Crippen LogP contribution in [0.5, 0.6) is 0 Å². The van der Waals surface area contributed by atoms with E-state index in [-0.39, 0.29) is 42.2 Å². The molecule has 1 unspecified atom stereocenters. The Morgan fingerprint density at radius 1 is 1.02 bits per heavy atom. The summed E-state index contributed by atoms with van der Waals surface area (Å²) in [5.41, 5.74) is -0.0715. The molecule has 4 atom stereocenters. The predicted octanol–water partition coefficient (Wildman–Crippen LogP) is 2.66. The summed E-state index contributed by atoms with van der Waals surface area (Å²) in [6.07, 6.45) is 1.36. The van der Waals surface area contributed by atoms with Crippen LogP contribution in [0.3, 0.4) is 0 Å². The van der Waals surface area contributed by atoms with Gasteiger partial charge in [-0.15, -0.1) is 0 Å². The van der Waals surface area contributed by atoms with E-state index in [2.05, 4.69) is 10.6 Å². The Morgan fingerprint density at radius 3 is 2.14 bits per heavy atom. The normalized spacial score (nSPS) is 17.9. The number of likely N-dealkylation sites (tertiary alicyclic amines) is 1. The van der Waals surface area contributed by atoms with Crippen LogP contribution in [0.2, 0.25) is 0 Å². The first-order valence-electron chi connectivity index (χ1n) is 15.3. The van der Waals surface area contributed by atoms with E-state index < -0.39 is 29.0 Å². The molecule has 2 rings (SSSR count). The van der Waals surface area contributed by atoms with Crippen LogP contribution in [0.25, 0.3) is 0 Å². The third kappa shape index (κ3) is 9.01. The third-order valence-corrected chi connectivity index (χ3v) is 8.75. The summed E-state index contributed by atoms with van der Waals surface area (Å²) in [7, 11) is 6.72. The number of esters is 1. The number of nitrogens with zero attached hydrogens (tertiary/aromatic N) is 3. The number of carbonyl (C=O) groups excluding carboxylic acids is 4. The molecule has 0 radical (unpaired) electrons. The molecule has 0 aromatic heterocycles. The van der Waals surface area contributed by atoms with E-state index in [0.717, 1.165) is 12.0 Å². The van der Waals surface area contributed by atoms with Crippen molar-refractivity contribution in [1.29, 1.82) is 0 Å². The average molecular weight is 602 g/mol. The molecule has 1 heterocycles. The highest BCUT2D eigenvalue weighted by atomic mass is 16.5. The van der Waals surface area contributed by atoms with Crippen LogP contribution >= 0.6 is 0 Å². The summed E-state index contributed by atoms with van der Waals surface area (Å²) in [6.45, 7) is 15.1. The van der Waals surface area contributed by atoms with Gasteiger partial charge in [-0.05, 0) is 43.8 Å². The summed E-state index contributed by atoms with van der Waals surface area (Å²) in [4.78, 5) is 58.4. The van der Waals surface area contributed by atoms with Crippen LogP contribution in [0.1, 0.15) is 66.9 Å². The lowest BCUT2D eigenvalue weighted by Gasteiger charge is -2.41. The fourth-order valence-corrected chi connectivity index (χ4v) is 6.03. The second-order valence-electron chi connectivity index (χ2n) is 13.8. The predicted molar refractivity (Wildman–Crippen MR) is 169 cm³/mol. The van der Waals surface area contributed by atoms with Crippen LogP contribution in [-0.4, -0.2) is 110 Å². The highest BCUT2D eigenvalue weighted by Gasteiger charge is 2.42. The standard InChI is InChI=1S/C33H55N5O5/c1-22(2)25(20-36(9)21-26(39)38-19-15-18-24(38)31(42)43-11)37(10)30(41)28(32(3,4)5)35-29(40)27(34-8)33(6,7)23-16-13-12-14-17-23/h12-14,16-17,22,24-25,27-28,34H,15,18-21H2,1-11H3,(H,35,40)/t24?,25-,27-,28-/m1/s1. The molecule has 10 heteroatoms. The third-order valence-electron chi connectivity index (χ3n) is 8.75. The molecule has 0 saturated carbocycles. The van der Waals surface area contributed by atoms with Crippen LogP contribution in [0.4, 0.5) is 0 Å².